The van der Waals surface area contributed by atoms with Crippen LogP contribution >= 0.6 is 0 Å². The van der Waals surface area contributed by atoms with Crippen molar-refractivity contribution >= 4 is 11.9 Å². The Morgan fingerprint density at radius 1 is 1.47 bits per heavy atom. The molecule has 1 aliphatic heterocycles. The second kappa shape index (κ2) is 4.88. The van der Waals surface area contributed by atoms with Gasteiger partial charge in [-0.2, -0.15) is 0 Å². The van der Waals surface area contributed by atoms with Crippen LogP contribution in [0.1, 0.15) is 10.5 Å². The number of hydrogen-bond donors (Lipinski definition) is 2. The third-order valence-corrected chi connectivity index (χ3v) is 2.54. The van der Waals surface area contributed by atoms with Gasteiger partial charge < -0.3 is 15.3 Å². The standard InChI is InChI=1S/C10H12N4O3/c15-9(7-5-11-1-2-12-7)14-4-3-13-8(6-14)10(16)17/h1-2,5,8,13H,3-4,6H2,(H,16,17)/t8-/m0/s1. The zero-order valence-electron chi connectivity index (χ0n) is 9.04. The Kier molecular flexibility index (Phi) is 3.29. The molecule has 17 heavy (non-hydrogen) atoms. The van der Waals surface area contributed by atoms with E-state index in [1.54, 1.807) is 0 Å². The van der Waals surface area contributed by atoms with Crippen molar-refractivity contribution < 1.29 is 14.7 Å². The van der Waals surface area contributed by atoms with E-state index in [1.807, 2.05) is 0 Å². The van der Waals surface area contributed by atoms with Crippen LogP contribution in [0.5, 0.6) is 0 Å². The third-order valence-electron chi connectivity index (χ3n) is 2.54. The molecule has 1 aliphatic rings. The Bertz CT molecular complexity index is 423. The Morgan fingerprint density at radius 3 is 2.94 bits per heavy atom. The SMILES string of the molecule is O=C(O)[C@@H]1CN(C(=O)c2cnccn2)CCN1. The fourth-order valence-electron chi connectivity index (χ4n) is 1.67. The summed E-state index contributed by atoms with van der Waals surface area (Å²) in [6.07, 6.45) is 4.29. The van der Waals surface area contributed by atoms with Gasteiger partial charge in [-0.1, -0.05) is 0 Å². The first-order valence-corrected chi connectivity index (χ1v) is 5.20. The van der Waals surface area contributed by atoms with Gasteiger partial charge in [-0.25, -0.2) is 4.98 Å². The summed E-state index contributed by atoms with van der Waals surface area (Å²) in [4.78, 5) is 32.0. The van der Waals surface area contributed by atoms with Crippen LogP contribution in [-0.4, -0.2) is 57.5 Å². The van der Waals surface area contributed by atoms with Crippen LogP contribution in [0.2, 0.25) is 0 Å². The van der Waals surface area contributed by atoms with Crippen molar-refractivity contribution in [3.63, 3.8) is 0 Å². The van der Waals surface area contributed by atoms with Crippen molar-refractivity contribution in [1.82, 2.24) is 20.2 Å². The summed E-state index contributed by atoms with van der Waals surface area (Å²) in [5.74, 6) is -1.24. The van der Waals surface area contributed by atoms with Crippen LogP contribution in [-0.2, 0) is 4.79 Å². The number of aliphatic carboxylic acids is 1. The number of carboxylic acids is 1. The van der Waals surface area contributed by atoms with E-state index in [2.05, 4.69) is 15.3 Å². The molecule has 7 nitrogen and oxygen atoms in total. The highest BCUT2D eigenvalue weighted by molar-refractivity contribution is 5.92. The fraction of sp³-hybridized carbons (Fsp3) is 0.400. The molecule has 2 heterocycles. The Morgan fingerprint density at radius 2 is 2.29 bits per heavy atom. The quantitative estimate of drug-likeness (QED) is 0.682. The van der Waals surface area contributed by atoms with Crippen molar-refractivity contribution in [2.75, 3.05) is 19.6 Å². The number of hydrogen-bond acceptors (Lipinski definition) is 5. The largest absolute Gasteiger partial charge is 0.480 e. The van der Waals surface area contributed by atoms with E-state index in [9.17, 15) is 9.59 Å². The molecule has 2 rings (SSSR count). The molecule has 0 aromatic carbocycles. The molecule has 1 aromatic rings. The van der Waals surface area contributed by atoms with Gasteiger partial charge in [-0.3, -0.25) is 14.6 Å². The summed E-state index contributed by atoms with van der Waals surface area (Å²) in [5, 5.41) is 11.7. The highest BCUT2D eigenvalue weighted by Gasteiger charge is 2.28. The second-order valence-corrected chi connectivity index (χ2v) is 3.69. The molecule has 1 atom stereocenters. The Hall–Kier alpha value is -2.02. The minimum atomic E-state index is -0.957. The maximum absolute atomic E-state index is 12.0. The lowest BCUT2D eigenvalue weighted by Crippen LogP contribution is -2.55. The lowest BCUT2D eigenvalue weighted by Gasteiger charge is -2.31. The van der Waals surface area contributed by atoms with Crippen molar-refractivity contribution in [2.24, 2.45) is 0 Å². The average Bonchev–Trinajstić information content (AvgIpc) is 2.39. The van der Waals surface area contributed by atoms with Gasteiger partial charge in [0.05, 0.1) is 6.20 Å². The van der Waals surface area contributed by atoms with Gasteiger partial charge in [0.2, 0.25) is 0 Å². The number of rotatable bonds is 2. The zero-order chi connectivity index (χ0) is 12.3. The predicted octanol–water partition coefficient (Wildman–Crippen LogP) is -1.02. The molecule has 0 radical (unpaired) electrons. The molecule has 7 heteroatoms. The number of carboxylic acid groups (broad SMARTS) is 1. The van der Waals surface area contributed by atoms with Crippen LogP contribution in [0.25, 0.3) is 0 Å². The van der Waals surface area contributed by atoms with E-state index in [1.165, 1.54) is 23.5 Å². The van der Waals surface area contributed by atoms with Gasteiger partial charge in [0, 0.05) is 32.0 Å². The molecular weight excluding hydrogens is 224 g/mol. The summed E-state index contributed by atoms with van der Waals surface area (Å²) in [6.45, 7) is 1.08. The van der Waals surface area contributed by atoms with E-state index in [0.717, 1.165) is 0 Å². The molecular formula is C10H12N4O3. The molecule has 0 aliphatic carbocycles. The lowest BCUT2D eigenvalue weighted by atomic mass is 10.2. The van der Waals surface area contributed by atoms with E-state index < -0.39 is 12.0 Å². The molecule has 1 amide bonds. The average molecular weight is 236 g/mol. The van der Waals surface area contributed by atoms with Crippen molar-refractivity contribution in [2.45, 2.75) is 6.04 Å². The highest BCUT2D eigenvalue weighted by atomic mass is 16.4. The molecule has 0 saturated carbocycles. The molecule has 1 fully saturated rings. The van der Waals surface area contributed by atoms with Gasteiger partial charge in [-0.05, 0) is 0 Å². The minimum absolute atomic E-state index is 0.144. The molecule has 0 bridgehead atoms. The smallest absolute Gasteiger partial charge is 0.322 e. The highest BCUT2D eigenvalue weighted by Crippen LogP contribution is 2.05. The summed E-state index contributed by atoms with van der Waals surface area (Å²) in [7, 11) is 0. The second-order valence-electron chi connectivity index (χ2n) is 3.69. The van der Waals surface area contributed by atoms with Crippen LogP contribution < -0.4 is 5.32 Å². The summed E-state index contributed by atoms with van der Waals surface area (Å²) in [5.41, 5.74) is 0.235. The number of piperazine rings is 1. The summed E-state index contributed by atoms with van der Waals surface area (Å²) < 4.78 is 0. The lowest BCUT2D eigenvalue weighted by molar-refractivity contribution is -0.140. The number of nitrogens with zero attached hydrogens (tertiary/aromatic N) is 3. The minimum Gasteiger partial charge on any atom is -0.480 e. The Balaban J connectivity index is 2.07. The van der Waals surface area contributed by atoms with Crippen molar-refractivity contribution in [1.29, 1.82) is 0 Å². The maximum atomic E-state index is 12.0. The molecule has 90 valence electrons. The van der Waals surface area contributed by atoms with Crippen LogP contribution in [0, 0.1) is 0 Å². The van der Waals surface area contributed by atoms with Gasteiger partial charge in [0.1, 0.15) is 11.7 Å². The number of carbonyl (C=O) groups excluding carboxylic acids is 1. The third kappa shape index (κ3) is 2.56. The first-order chi connectivity index (χ1) is 8.18. The van der Waals surface area contributed by atoms with E-state index in [0.29, 0.717) is 13.1 Å². The normalized spacial score (nSPS) is 20.0. The zero-order valence-corrected chi connectivity index (χ0v) is 9.04. The monoisotopic (exact) mass is 236 g/mol. The van der Waals surface area contributed by atoms with Crippen molar-refractivity contribution in [3.8, 4) is 0 Å². The number of aromatic nitrogens is 2. The van der Waals surface area contributed by atoms with E-state index in [4.69, 9.17) is 5.11 Å². The Labute approximate surface area is 97.5 Å². The fourth-order valence-corrected chi connectivity index (χ4v) is 1.67. The first kappa shape index (κ1) is 11.5. The molecule has 2 N–H and O–H groups in total. The topological polar surface area (TPSA) is 95.4 Å². The van der Waals surface area contributed by atoms with Gasteiger partial charge in [-0.15, -0.1) is 0 Å². The summed E-state index contributed by atoms with van der Waals surface area (Å²) >= 11 is 0. The number of carbonyl (C=O) groups is 2. The molecule has 0 unspecified atom stereocenters. The molecule has 0 spiro atoms. The predicted molar refractivity (Wildman–Crippen MR) is 57.4 cm³/mol. The van der Waals surface area contributed by atoms with Gasteiger partial charge in [0.25, 0.3) is 5.91 Å². The van der Waals surface area contributed by atoms with Crippen LogP contribution in [0.3, 0.4) is 0 Å². The maximum Gasteiger partial charge on any atom is 0.322 e. The van der Waals surface area contributed by atoms with Crippen LogP contribution in [0.4, 0.5) is 0 Å². The molecule has 1 saturated heterocycles. The van der Waals surface area contributed by atoms with Crippen molar-refractivity contribution in [3.05, 3.63) is 24.3 Å². The van der Waals surface area contributed by atoms with E-state index in [-0.39, 0.29) is 18.1 Å². The van der Waals surface area contributed by atoms with Gasteiger partial charge in [0.15, 0.2) is 0 Å². The van der Waals surface area contributed by atoms with Gasteiger partial charge >= 0.3 is 5.97 Å². The number of amides is 1. The van der Waals surface area contributed by atoms with E-state index >= 15 is 0 Å². The summed E-state index contributed by atoms with van der Waals surface area (Å²) in [6, 6.07) is -0.718. The first-order valence-electron chi connectivity index (χ1n) is 5.20. The molecule has 1 aromatic heterocycles. The van der Waals surface area contributed by atoms with Crippen LogP contribution in [0.15, 0.2) is 18.6 Å². The number of nitrogens with one attached hydrogen (secondary N) is 1.